The van der Waals surface area contributed by atoms with E-state index in [1.165, 1.54) is 40.8 Å². The van der Waals surface area contributed by atoms with Crippen LogP contribution in [-0.2, 0) is 26.7 Å². The molecule has 0 saturated carbocycles. The van der Waals surface area contributed by atoms with Crippen LogP contribution < -0.4 is 15.8 Å². The molecule has 42 heavy (non-hydrogen) atoms. The zero-order valence-corrected chi connectivity index (χ0v) is 26.9. The average Bonchev–Trinajstić information content (AvgIpc) is 2.92. The van der Waals surface area contributed by atoms with E-state index in [0.717, 1.165) is 10.5 Å². The highest BCUT2D eigenvalue weighted by atomic mass is 32.2. The monoisotopic (exact) mass is 611 g/mol. The lowest BCUT2D eigenvalue weighted by Crippen LogP contribution is -2.39. The fraction of sp³-hybridized carbons (Fsp3) is 0.375. The predicted molar refractivity (Wildman–Crippen MR) is 168 cm³/mol. The maximum atomic E-state index is 13.8. The molecule has 0 aromatic heterocycles. The Morgan fingerprint density at radius 2 is 1.69 bits per heavy atom. The molecular weight excluding hydrogens is 571 g/mol. The number of sulfonamides is 1. The van der Waals surface area contributed by atoms with Crippen LogP contribution in [0.5, 0.6) is 5.75 Å². The molecule has 0 fully saturated rings. The molecule has 1 atom stereocenters. The number of rotatable bonds is 12. The van der Waals surface area contributed by atoms with Gasteiger partial charge in [0.1, 0.15) is 5.75 Å². The summed E-state index contributed by atoms with van der Waals surface area (Å²) >= 11 is 1.31. The van der Waals surface area contributed by atoms with Gasteiger partial charge in [0.2, 0.25) is 15.9 Å². The summed E-state index contributed by atoms with van der Waals surface area (Å²) in [5.74, 6) is -0.391. The van der Waals surface area contributed by atoms with Crippen LogP contribution in [0.4, 0.5) is 0 Å². The van der Waals surface area contributed by atoms with Crippen LogP contribution in [-0.4, -0.2) is 50.8 Å². The van der Waals surface area contributed by atoms with Crippen LogP contribution in [0.25, 0.3) is 0 Å². The van der Waals surface area contributed by atoms with E-state index in [9.17, 15) is 18.0 Å². The molecule has 0 saturated heterocycles. The smallest absolute Gasteiger partial charge is 0.252 e. The number of benzene rings is 3. The van der Waals surface area contributed by atoms with Crippen LogP contribution in [0.15, 0.2) is 81.4 Å². The molecule has 0 aliphatic heterocycles. The third kappa shape index (κ3) is 8.59. The lowest BCUT2D eigenvalue weighted by molar-refractivity contribution is -0.118. The molecule has 3 rings (SSSR count). The Hall–Kier alpha value is -3.34. The first kappa shape index (κ1) is 33.2. The second-order valence-corrected chi connectivity index (χ2v) is 14.7. The van der Waals surface area contributed by atoms with Gasteiger partial charge in [0.25, 0.3) is 5.91 Å². The molecule has 8 nitrogen and oxygen atoms in total. The van der Waals surface area contributed by atoms with Crippen molar-refractivity contribution < 1.29 is 22.7 Å². The van der Waals surface area contributed by atoms with Crippen LogP contribution in [0.1, 0.15) is 62.5 Å². The van der Waals surface area contributed by atoms with Crippen molar-refractivity contribution in [1.29, 1.82) is 0 Å². The van der Waals surface area contributed by atoms with E-state index in [2.05, 4.69) is 26.1 Å². The van der Waals surface area contributed by atoms with Crippen LogP contribution in [0.3, 0.4) is 0 Å². The highest BCUT2D eigenvalue weighted by Gasteiger charge is 2.27. The highest BCUT2D eigenvalue weighted by molar-refractivity contribution is 7.99. The normalized spacial score (nSPS) is 12.8. The van der Waals surface area contributed by atoms with Crippen LogP contribution >= 0.6 is 11.8 Å². The first-order chi connectivity index (χ1) is 19.6. The standard InChI is InChI=1S/C32H41N3O5S2/c1-21(2)35(6)42(38,39)27-15-16-29(41-26-10-8-9-25(19-26)40-7)28(20-27)31(37)34-24(18-30(33)36)17-22-11-13-23(14-12-22)32(3,4)5/h8-16,19-21,24H,17-18H2,1-7H3,(H2,33,36)(H,34,37). The fourth-order valence-electron chi connectivity index (χ4n) is 4.28. The first-order valence-corrected chi connectivity index (χ1v) is 16.0. The van der Waals surface area contributed by atoms with Crippen molar-refractivity contribution in [3.63, 3.8) is 0 Å². The Morgan fingerprint density at radius 3 is 2.26 bits per heavy atom. The average molecular weight is 612 g/mol. The number of amides is 2. The van der Waals surface area contributed by atoms with Gasteiger partial charge in [-0.2, -0.15) is 4.31 Å². The minimum absolute atomic E-state index is 0.00284. The molecule has 1 unspecified atom stereocenters. The Bertz CT molecular complexity index is 1510. The Morgan fingerprint density at radius 1 is 1.02 bits per heavy atom. The molecule has 0 radical (unpaired) electrons. The number of carbonyl (C=O) groups is 2. The van der Waals surface area contributed by atoms with Crippen molar-refractivity contribution in [3.05, 3.63) is 83.4 Å². The lowest BCUT2D eigenvalue weighted by atomic mass is 9.86. The Kier molecular flexibility index (Phi) is 10.9. The quantitative estimate of drug-likeness (QED) is 0.284. The van der Waals surface area contributed by atoms with Crippen molar-refractivity contribution in [3.8, 4) is 5.75 Å². The van der Waals surface area contributed by atoms with Gasteiger partial charge in [0.05, 0.1) is 17.6 Å². The molecule has 0 heterocycles. The topological polar surface area (TPSA) is 119 Å². The number of carbonyl (C=O) groups excluding carboxylic acids is 2. The van der Waals surface area contributed by atoms with E-state index in [4.69, 9.17) is 10.5 Å². The van der Waals surface area contributed by atoms with Crippen LogP contribution in [0.2, 0.25) is 0 Å². The number of methoxy groups -OCH3 is 1. The number of nitrogens with two attached hydrogens (primary N) is 1. The van der Waals surface area contributed by atoms with E-state index >= 15 is 0 Å². The summed E-state index contributed by atoms with van der Waals surface area (Å²) in [7, 11) is -0.778. The number of hydrogen-bond acceptors (Lipinski definition) is 6. The van der Waals surface area contributed by atoms with Gasteiger partial charge in [0, 0.05) is 35.3 Å². The zero-order valence-electron chi connectivity index (χ0n) is 25.3. The molecule has 10 heteroatoms. The molecule has 0 aliphatic rings. The van der Waals surface area contributed by atoms with E-state index in [1.54, 1.807) is 27.0 Å². The number of ether oxygens (including phenoxy) is 1. The first-order valence-electron chi connectivity index (χ1n) is 13.7. The molecule has 0 spiro atoms. The number of hydrogen-bond donors (Lipinski definition) is 2. The van der Waals surface area contributed by atoms with Crippen molar-refractivity contribution >= 4 is 33.6 Å². The maximum Gasteiger partial charge on any atom is 0.252 e. The summed E-state index contributed by atoms with van der Waals surface area (Å²) in [5.41, 5.74) is 7.84. The fourth-order valence-corrected chi connectivity index (χ4v) is 6.64. The minimum Gasteiger partial charge on any atom is -0.497 e. The molecule has 0 aliphatic carbocycles. The Balaban J connectivity index is 2.00. The minimum atomic E-state index is -3.86. The number of primary amides is 1. The second-order valence-electron chi connectivity index (χ2n) is 11.5. The summed E-state index contributed by atoms with van der Waals surface area (Å²) < 4.78 is 33.2. The largest absolute Gasteiger partial charge is 0.497 e. The van der Waals surface area contributed by atoms with Gasteiger partial charge in [-0.05, 0) is 73.2 Å². The van der Waals surface area contributed by atoms with Crippen LogP contribution in [0, 0.1) is 0 Å². The SMILES string of the molecule is COc1cccc(Sc2ccc(S(=O)(=O)N(C)C(C)C)cc2C(=O)NC(CC(N)=O)Cc2ccc(C(C)(C)C)cc2)c1. The third-order valence-corrected chi connectivity index (χ3v) is 10.0. The Labute approximate surface area is 254 Å². The van der Waals surface area contributed by atoms with Crippen molar-refractivity contribution in [2.75, 3.05) is 14.2 Å². The summed E-state index contributed by atoms with van der Waals surface area (Å²) in [5, 5.41) is 2.95. The predicted octanol–water partition coefficient (Wildman–Crippen LogP) is 5.39. The van der Waals surface area contributed by atoms with Gasteiger partial charge < -0.3 is 15.8 Å². The van der Waals surface area contributed by atoms with E-state index < -0.39 is 27.9 Å². The van der Waals surface area contributed by atoms with Gasteiger partial charge in [-0.15, -0.1) is 0 Å². The van der Waals surface area contributed by atoms with Crippen molar-refractivity contribution in [2.24, 2.45) is 5.73 Å². The summed E-state index contributed by atoms with van der Waals surface area (Å²) in [6.45, 7) is 9.95. The van der Waals surface area contributed by atoms with Crippen molar-refractivity contribution in [1.82, 2.24) is 9.62 Å². The van der Waals surface area contributed by atoms with E-state index in [1.807, 2.05) is 48.5 Å². The molecular formula is C32H41N3O5S2. The lowest BCUT2D eigenvalue weighted by Gasteiger charge is -2.23. The molecule has 3 aromatic carbocycles. The molecule has 226 valence electrons. The summed E-state index contributed by atoms with van der Waals surface area (Å²) in [4.78, 5) is 27.2. The van der Waals surface area contributed by atoms with Gasteiger partial charge in [0.15, 0.2) is 0 Å². The second kappa shape index (κ2) is 13.8. The summed E-state index contributed by atoms with van der Waals surface area (Å²) in [6.07, 6.45) is 0.310. The van der Waals surface area contributed by atoms with Gasteiger partial charge in [-0.1, -0.05) is 62.9 Å². The number of nitrogens with one attached hydrogen (secondary N) is 1. The number of nitrogens with zero attached hydrogens (tertiary/aromatic N) is 1. The molecule has 3 aromatic rings. The molecule has 3 N–H and O–H groups in total. The van der Waals surface area contributed by atoms with Crippen molar-refractivity contribution in [2.45, 2.75) is 79.6 Å². The van der Waals surface area contributed by atoms with Gasteiger partial charge in [-0.25, -0.2) is 8.42 Å². The van der Waals surface area contributed by atoms with Gasteiger partial charge >= 0.3 is 0 Å². The van der Waals surface area contributed by atoms with Gasteiger partial charge in [-0.3, -0.25) is 9.59 Å². The van der Waals surface area contributed by atoms with E-state index in [0.29, 0.717) is 17.1 Å². The molecule has 0 bridgehead atoms. The summed E-state index contributed by atoms with van der Waals surface area (Å²) in [6, 6.07) is 19.1. The third-order valence-electron chi connectivity index (χ3n) is 6.95. The highest BCUT2D eigenvalue weighted by Crippen LogP contribution is 2.34. The zero-order chi connectivity index (χ0) is 31.2. The maximum absolute atomic E-state index is 13.8. The van der Waals surface area contributed by atoms with E-state index in [-0.39, 0.29) is 28.3 Å². The molecule has 2 amide bonds.